The predicted octanol–water partition coefficient (Wildman–Crippen LogP) is 0.317. The third-order valence-electron chi connectivity index (χ3n) is 2.14. The lowest BCUT2D eigenvalue weighted by molar-refractivity contribution is -0.143. The topological polar surface area (TPSA) is 49.3 Å². The van der Waals surface area contributed by atoms with Crippen molar-refractivity contribution in [3.05, 3.63) is 0 Å². The highest BCUT2D eigenvalue weighted by Crippen LogP contribution is 2.17. The maximum atomic E-state index is 10.5. The van der Waals surface area contributed by atoms with Crippen LogP contribution < -0.4 is 5.32 Å². The van der Waals surface area contributed by atoms with Gasteiger partial charge in [-0.15, -0.1) is 0 Å². The van der Waals surface area contributed by atoms with Gasteiger partial charge in [-0.1, -0.05) is 6.92 Å². The molecule has 1 aliphatic heterocycles. The first-order valence-corrected chi connectivity index (χ1v) is 3.65. The number of rotatable bonds is 1. The van der Waals surface area contributed by atoms with Crippen molar-refractivity contribution in [3.63, 3.8) is 0 Å². The molecule has 2 N–H and O–H groups in total. The zero-order valence-corrected chi connectivity index (χ0v) is 6.13. The average Bonchev–Trinajstić information content (AvgIpc) is 1.88. The second kappa shape index (κ2) is 3.01. The summed E-state index contributed by atoms with van der Waals surface area (Å²) in [6.07, 6.45) is 0.983. The number of carboxylic acid groups (broad SMARTS) is 1. The van der Waals surface area contributed by atoms with Crippen molar-refractivity contribution in [3.8, 4) is 0 Å². The van der Waals surface area contributed by atoms with Gasteiger partial charge in [-0.05, 0) is 18.9 Å². The van der Waals surface area contributed by atoms with Crippen LogP contribution in [0.1, 0.15) is 13.3 Å². The second-order valence-corrected chi connectivity index (χ2v) is 2.91. The molecule has 1 heterocycles. The van der Waals surface area contributed by atoms with Crippen molar-refractivity contribution in [2.24, 2.45) is 11.8 Å². The van der Waals surface area contributed by atoms with E-state index in [0.717, 1.165) is 13.0 Å². The number of piperidine rings is 1. The van der Waals surface area contributed by atoms with Gasteiger partial charge in [-0.3, -0.25) is 4.79 Å². The van der Waals surface area contributed by atoms with Gasteiger partial charge in [0.25, 0.3) is 0 Å². The molecule has 0 aliphatic carbocycles. The molecule has 0 aromatic heterocycles. The van der Waals surface area contributed by atoms with Gasteiger partial charge in [-0.25, -0.2) is 0 Å². The molecule has 1 fully saturated rings. The number of carboxylic acids is 1. The van der Waals surface area contributed by atoms with Crippen LogP contribution in [0, 0.1) is 11.8 Å². The van der Waals surface area contributed by atoms with E-state index in [1.54, 1.807) is 0 Å². The summed E-state index contributed by atoms with van der Waals surface area (Å²) in [5.74, 6) is -0.507. The normalized spacial score (nSPS) is 33.7. The molecule has 2 atom stereocenters. The van der Waals surface area contributed by atoms with Gasteiger partial charge < -0.3 is 10.4 Å². The highest BCUT2D eigenvalue weighted by molar-refractivity contribution is 5.70. The van der Waals surface area contributed by atoms with Gasteiger partial charge in [0.05, 0.1) is 5.92 Å². The fraction of sp³-hybridized carbons (Fsp3) is 0.857. The Morgan fingerprint density at radius 2 is 2.40 bits per heavy atom. The Kier molecular flexibility index (Phi) is 2.27. The first-order chi connectivity index (χ1) is 4.72. The van der Waals surface area contributed by atoms with Gasteiger partial charge in [0.2, 0.25) is 0 Å². The lowest BCUT2D eigenvalue weighted by atomic mass is 9.88. The molecule has 0 spiro atoms. The van der Waals surface area contributed by atoms with Gasteiger partial charge in [0, 0.05) is 6.54 Å². The molecule has 0 aromatic carbocycles. The number of nitrogens with one attached hydrogen (secondary N) is 1. The Balaban J connectivity index is 2.47. The third-order valence-corrected chi connectivity index (χ3v) is 2.14. The molecule has 0 saturated carbocycles. The smallest absolute Gasteiger partial charge is 0.308 e. The van der Waals surface area contributed by atoms with Gasteiger partial charge in [0.1, 0.15) is 0 Å². The van der Waals surface area contributed by atoms with E-state index in [0.29, 0.717) is 12.5 Å². The molecule has 10 heavy (non-hydrogen) atoms. The summed E-state index contributed by atoms with van der Waals surface area (Å²) in [7, 11) is 0. The predicted molar refractivity (Wildman–Crippen MR) is 37.8 cm³/mol. The van der Waals surface area contributed by atoms with Crippen molar-refractivity contribution < 1.29 is 9.90 Å². The van der Waals surface area contributed by atoms with Crippen molar-refractivity contribution >= 4 is 5.97 Å². The van der Waals surface area contributed by atoms with Crippen LogP contribution in [0.3, 0.4) is 0 Å². The quantitative estimate of drug-likeness (QED) is 0.555. The summed E-state index contributed by atoms with van der Waals surface area (Å²) in [6.45, 7) is 3.60. The number of hydrogen-bond acceptors (Lipinski definition) is 2. The first kappa shape index (κ1) is 7.54. The average molecular weight is 143 g/mol. The Bertz CT molecular complexity index is 136. The van der Waals surface area contributed by atoms with Crippen molar-refractivity contribution in [2.75, 3.05) is 13.1 Å². The summed E-state index contributed by atoms with van der Waals surface area (Å²) in [4.78, 5) is 10.5. The van der Waals surface area contributed by atoms with Crippen molar-refractivity contribution in [1.29, 1.82) is 0 Å². The van der Waals surface area contributed by atoms with Crippen LogP contribution in [0.5, 0.6) is 0 Å². The molecule has 3 heteroatoms. The second-order valence-electron chi connectivity index (χ2n) is 2.91. The van der Waals surface area contributed by atoms with Crippen molar-refractivity contribution in [1.82, 2.24) is 5.32 Å². The summed E-state index contributed by atoms with van der Waals surface area (Å²) in [6, 6.07) is 0. The first-order valence-electron chi connectivity index (χ1n) is 3.65. The van der Waals surface area contributed by atoms with E-state index >= 15 is 0 Å². The third kappa shape index (κ3) is 1.48. The molecule has 0 radical (unpaired) electrons. The minimum Gasteiger partial charge on any atom is -0.481 e. The number of carbonyl (C=O) groups is 1. The van der Waals surface area contributed by atoms with E-state index in [1.165, 1.54) is 0 Å². The fourth-order valence-corrected chi connectivity index (χ4v) is 1.32. The minimum atomic E-state index is -0.667. The van der Waals surface area contributed by atoms with E-state index in [-0.39, 0.29) is 5.92 Å². The van der Waals surface area contributed by atoms with E-state index in [1.807, 2.05) is 6.92 Å². The summed E-state index contributed by atoms with van der Waals surface area (Å²) in [5, 5.41) is 11.7. The Morgan fingerprint density at radius 1 is 1.70 bits per heavy atom. The van der Waals surface area contributed by atoms with E-state index in [2.05, 4.69) is 5.32 Å². The lowest BCUT2D eigenvalue weighted by Gasteiger charge is -2.25. The molecule has 1 saturated heterocycles. The van der Waals surface area contributed by atoms with Crippen LogP contribution in [0.15, 0.2) is 0 Å². The highest BCUT2D eigenvalue weighted by Gasteiger charge is 2.26. The molecule has 1 unspecified atom stereocenters. The number of aliphatic carboxylic acids is 1. The lowest BCUT2D eigenvalue weighted by Crippen LogP contribution is -2.39. The zero-order chi connectivity index (χ0) is 7.56. The monoisotopic (exact) mass is 143 g/mol. The van der Waals surface area contributed by atoms with E-state index < -0.39 is 5.97 Å². The molecule has 1 rings (SSSR count). The van der Waals surface area contributed by atoms with E-state index in [9.17, 15) is 4.79 Å². The van der Waals surface area contributed by atoms with Crippen LogP contribution in [0.25, 0.3) is 0 Å². The molecular weight excluding hydrogens is 130 g/mol. The molecule has 0 amide bonds. The largest absolute Gasteiger partial charge is 0.481 e. The summed E-state index contributed by atoms with van der Waals surface area (Å²) in [5.41, 5.74) is 0. The maximum absolute atomic E-state index is 10.5. The SMILES string of the molecule is CC1CCNC[C@H]1C(=O)O. The maximum Gasteiger partial charge on any atom is 0.308 e. The van der Waals surface area contributed by atoms with Crippen LogP contribution in [0.2, 0.25) is 0 Å². The van der Waals surface area contributed by atoms with Crippen LogP contribution in [0.4, 0.5) is 0 Å². The van der Waals surface area contributed by atoms with Crippen LogP contribution >= 0.6 is 0 Å². The Hall–Kier alpha value is -0.570. The highest BCUT2D eigenvalue weighted by atomic mass is 16.4. The minimum absolute atomic E-state index is 0.172. The standard InChI is InChI=1S/C7H13NO2/c1-5-2-3-8-4-6(5)7(9)10/h5-6,8H,2-4H2,1H3,(H,9,10)/t5?,6-/m1/s1. The molecule has 0 aromatic rings. The van der Waals surface area contributed by atoms with Gasteiger partial charge in [0.15, 0.2) is 0 Å². The molecule has 3 nitrogen and oxygen atoms in total. The summed E-state index contributed by atoms with van der Waals surface area (Å²) < 4.78 is 0. The van der Waals surface area contributed by atoms with Crippen LogP contribution in [-0.4, -0.2) is 24.2 Å². The molecule has 1 aliphatic rings. The Morgan fingerprint density at radius 3 is 2.80 bits per heavy atom. The van der Waals surface area contributed by atoms with Gasteiger partial charge in [-0.2, -0.15) is 0 Å². The molecule has 58 valence electrons. The molecule has 0 bridgehead atoms. The molecular formula is C7H13NO2. The van der Waals surface area contributed by atoms with Crippen molar-refractivity contribution in [2.45, 2.75) is 13.3 Å². The fourth-order valence-electron chi connectivity index (χ4n) is 1.32. The van der Waals surface area contributed by atoms with E-state index in [4.69, 9.17) is 5.11 Å². The Labute approximate surface area is 60.4 Å². The zero-order valence-electron chi connectivity index (χ0n) is 6.13. The van der Waals surface area contributed by atoms with Gasteiger partial charge >= 0.3 is 5.97 Å². The number of hydrogen-bond donors (Lipinski definition) is 2. The summed E-state index contributed by atoms with van der Waals surface area (Å²) >= 11 is 0. The van der Waals surface area contributed by atoms with Crippen LogP contribution in [-0.2, 0) is 4.79 Å².